The van der Waals surface area contributed by atoms with Crippen LogP contribution >= 0.6 is 23.2 Å². The number of rotatable bonds is 2. The Labute approximate surface area is 149 Å². The number of benzene rings is 2. The lowest BCUT2D eigenvalue weighted by Crippen LogP contribution is -2.65. The highest BCUT2D eigenvalue weighted by Crippen LogP contribution is 2.46. The number of hydrogen-bond acceptors (Lipinski definition) is 4. The molecule has 1 N–H and O–H groups in total. The van der Waals surface area contributed by atoms with Crippen LogP contribution in [0.15, 0.2) is 42.5 Å². The normalized spacial score (nSPS) is 18.8. The molecule has 2 aromatic carbocycles. The zero-order valence-corrected chi connectivity index (χ0v) is 13.6. The van der Waals surface area contributed by atoms with Crippen molar-refractivity contribution in [2.24, 2.45) is 0 Å². The average Bonchev–Trinajstić information content (AvgIpc) is 2.87. The van der Waals surface area contributed by atoms with E-state index in [1.54, 1.807) is 11.4 Å². The largest absolute Gasteiger partial charge is 0.492 e. The summed E-state index contributed by atoms with van der Waals surface area (Å²) in [5, 5.41) is 1.72. The molecule has 0 aromatic heterocycles. The number of hydrogen-bond donors (Lipinski definition) is 1. The van der Waals surface area contributed by atoms with Gasteiger partial charge < -0.3 is 14.2 Å². The van der Waals surface area contributed by atoms with E-state index in [-0.39, 0.29) is 27.3 Å². The van der Waals surface area contributed by atoms with E-state index in [9.17, 15) is 18.0 Å². The fraction of sp³-hybridized carbons (Fsp3) is 0.133. The summed E-state index contributed by atoms with van der Waals surface area (Å²) in [6, 6.07) is 9.41. The van der Waals surface area contributed by atoms with E-state index in [1.807, 2.05) is 0 Å². The second-order valence-corrected chi connectivity index (χ2v) is 5.70. The van der Waals surface area contributed by atoms with Crippen LogP contribution in [0.25, 0.3) is 0 Å². The molecule has 25 heavy (non-hydrogen) atoms. The van der Waals surface area contributed by atoms with Crippen LogP contribution in [0.4, 0.5) is 18.0 Å². The smallest absolute Gasteiger partial charge is 0.424 e. The van der Waals surface area contributed by atoms with Crippen LogP contribution in [0.3, 0.4) is 0 Å². The van der Waals surface area contributed by atoms with E-state index in [0.29, 0.717) is 0 Å². The van der Waals surface area contributed by atoms with Crippen LogP contribution in [0.1, 0.15) is 0 Å². The monoisotopic (exact) mass is 393 g/mol. The van der Waals surface area contributed by atoms with Gasteiger partial charge in [-0.25, -0.2) is 10.1 Å². The average molecular weight is 394 g/mol. The predicted octanol–water partition coefficient (Wildman–Crippen LogP) is 4.77. The van der Waals surface area contributed by atoms with Crippen LogP contribution in [0.2, 0.25) is 10.0 Å². The lowest BCUT2D eigenvalue weighted by Gasteiger charge is -2.29. The molecule has 0 bridgehead atoms. The topological polar surface area (TPSA) is 56.8 Å². The number of nitrogens with one attached hydrogen (secondary N) is 1. The van der Waals surface area contributed by atoms with E-state index in [2.05, 4.69) is 0 Å². The molecule has 1 amide bonds. The minimum atomic E-state index is -5.11. The summed E-state index contributed by atoms with van der Waals surface area (Å²) >= 11 is 11.5. The zero-order chi connectivity index (χ0) is 18.2. The number of para-hydroxylation sites is 1. The fourth-order valence-corrected chi connectivity index (χ4v) is 2.34. The van der Waals surface area contributed by atoms with Gasteiger partial charge in [-0.15, -0.1) is 0 Å². The SMILES string of the molecule is O=C(N[C@@]1(C(F)(F)F)Oc2ccc(Cl)cc2O1)Oc1ccccc1Cl. The molecule has 3 rings (SSSR count). The molecule has 0 fully saturated rings. The second kappa shape index (κ2) is 6.20. The Kier molecular flexibility index (Phi) is 4.34. The molecule has 5 nitrogen and oxygen atoms in total. The maximum absolute atomic E-state index is 13.5. The summed E-state index contributed by atoms with van der Waals surface area (Å²) in [4.78, 5) is 11.9. The minimum Gasteiger partial charge on any atom is -0.424 e. The molecular weight excluding hydrogens is 386 g/mol. The van der Waals surface area contributed by atoms with Crippen LogP contribution in [0, 0.1) is 0 Å². The quantitative estimate of drug-likeness (QED) is 0.798. The Morgan fingerprint density at radius 2 is 1.76 bits per heavy atom. The molecule has 0 saturated heterocycles. The third kappa shape index (κ3) is 3.40. The number of carbonyl (C=O) groups is 1. The third-order valence-corrected chi connectivity index (χ3v) is 3.64. The molecule has 0 radical (unpaired) electrons. The summed E-state index contributed by atoms with van der Waals surface area (Å²) in [5.41, 5.74) is 0. The van der Waals surface area contributed by atoms with Crippen LogP contribution in [-0.4, -0.2) is 18.2 Å². The van der Waals surface area contributed by atoms with Crippen molar-refractivity contribution in [2.45, 2.75) is 12.1 Å². The van der Waals surface area contributed by atoms with Crippen molar-refractivity contribution in [1.82, 2.24) is 5.32 Å². The lowest BCUT2D eigenvalue weighted by molar-refractivity contribution is -0.318. The number of alkyl halides is 3. The van der Waals surface area contributed by atoms with Crippen molar-refractivity contribution in [3.05, 3.63) is 52.5 Å². The van der Waals surface area contributed by atoms with Gasteiger partial charge in [-0.3, -0.25) is 0 Å². The molecule has 0 spiro atoms. The molecule has 0 saturated carbocycles. The van der Waals surface area contributed by atoms with Gasteiger partial charge >= 0.3 is 18.2 Å². The van der Waals surface area contributed by atoms with Gasteiger partial charge in [-0.1, -0.05) is 35.3 Å². The summed E-state index contributed by atoms with van der Waals surface area (Å²) in [6.07, 6.45) is -6.58. The van der Waals surface area contributed by atoms with Crippen molar-refractivity contribution in [3.8, 4) is 17.2 Å². The van der Waals surface area contributed by atoms with E-state index in [1.165, 1.54) is 30.3 Å². The van der Waals surface area contributed by atoms with Gasteiger partial charge in [-0.2, -0.15) is 13.2 Å². The Hall–Kier alpha value is -2.32. The van der Waals surface area contributed by atoms with Gasteiger partial charge in [-0.05, 0) is 24.3 Å². The minimum absolute atomic E-state index is 0.0436. The summed E-state index contributed by atoms with van der Waals surface area (Å²) in [7, 11) is 0. The molecule has 132 valence electrons. The van der Waals surface area contributed by atoms with Gasteiger partial charge in [0.05, 0.1) is 5.02 Å². The lowest BCUT2D eigenvalue weighted by atomic mass is 10.3. The van der Waals surface area contributed by atoms with E-state index in [0.717, 1.165) is 6.07 Å². The van der Waals surface area contributed by atoms with Crippen molar-refractivity contribution in [2.75, 3.05) is 0 Å². The van der Waals surface area contributed by atoms with Crippen molar-refractivity contribution < 1.29 is 32.2 Å². The summed E-state index contributed by atoms with van der Waals surface area (Å²) in [5.74, 6) is -4.08. The van der Waals surface area contributed by atoms with Crippen LogP contribution < -0.4 is 19.5 Å². The van der Waals surface area contributed by atoms with Gasteiger partial charge in [0.1, 0.15) is 0 Å². The van der Waals surface area contributed by atoms with Crippen molar-refractivity contribution >= 4 is 29.3 Å². The Balaban J connectivity index is 1.84. The maximum atomic E-state index is 13.5. The number of ether oxygens (including phenoxy) is 3. The zero-order valence-electron chi connectivity index (χ0n) is 12.1. The molecule has 1 aliphatic heterocycles. The number of fused-ring (bicyclic) bond motifs is 1. The first kappa shape index (κ1) is 17.5. The number of amides is 1. The third-order valence-electron chi connectivity index (χ3n) is 3.09. The van der Waals surface area contributed by atoms with Crippen LogP contribution in [0.5, 0.6) is 17.2 Å². The van der Waals surface area contributed by atoms with E-state index < -0.39 is 18.2 Å². The van der Waals surface area contributed by atoms with Crippen molar-refractivity contribution in [1.29, 1.82) is 0 Å². The first-order chi connectivity index (χ1) is 11.7. The van der Waals surface area contributed by atoms with E-state index >= 15 is 0 Å². The molecule has 0 unspecified atom stereocenters. The molecule has 2 aromatic rings. The predicted molar refractivity (Wildman–Crippen MR) is 82.1 cm³/mol. The Morgan fingerprint density at radius 1 is 1.08 bits per heavy atom. The molecular formula is C15H8Cl2F3NO4. The Morgan fingerprint density at radius 3 is 2.44 bits per heavy atom. The number of carbonyl (C=O) groups excluding carboxylic acids is 1. The fourth-order valence-electron chi connectivity index (χ4n) is 2.00. The van der Waals surface area contributed by atoms with Crippen LogP contribution in [-0.2, 0) is 0 Å². The highest BCUT2D eigenvalue weighted by molar-refractivity contribution is 6.32. The highest BCUT2D eigenvalue weighted by atomic mass is 35.5. The summed E-state index contributed by atoms with van der Waals surface area (Å²) in [6.45, 7) is 0. The molecule has 1 heterocycles. The summed E-state index contributed by atoms with van der Waals surface area (Å²) < 4.78 is 54.8. The number of halogens is 5. The molecule has 1 aliphatic rings. The molecule has 0 aliphatic carbocycles. The highest BCUT2D eigenvalue weighted by Gasteiger charge is 2.66. The van der Waals surface area contributed by atoms with Crippen molar-refractivity contribution in [3.63, 3.8) is 0 Å². The molecule has 10 heteroatoms. The molecule has 1 atom stereocenters. The van der Waals surface area contributed by atoms with E-state index in [4.69, 9.17) is 37.4 Å². The van der Waals surface area contributed by atoms with Gasteiger partial charge in [0.15, 0.2) is 17.2 Å². The van der Waals surface area contributed by atoms with Gasteiger partial charge in [0.25, 0.3) is 0 Å². The van der Waals surface area contributed by atoms with Gasteiger partial charge in [0.2, 0.25) is 0 Å². The standard InChI is InChI=1S/C15H8Cl2F3NO4/c16-8-5-6-11-12(7-8)25-15(24-11,14(18,19)20)21-13(22)23-10-4-2-1-3-9(10)17/h1-7H,(H,21,22)/t15-/m0/s1. The Bertz CT molecular complexity index is 831. The van der Waals surface area contributed by atoms with Gasteiger partial charge in [0, 0.05) is 11.1 Å². The first-order valence-electron chi connectivity index (χ1n) is 6.69. The maximum Gasteiger partial charge on any atom is 0.492 e. The first-order valence-corrected chi connectivity index (χ1v) is 7.45. The second-order valence-electron chi connectivity index (χ2n) is 4.85.